The van der Waals surface area contributed by atoms with Gasteiger partial charge >= 0.3 is 0 Å². The van der Waals surface area contributed by atoms with Gasteiger partial charge in [-0.05, 0) is 31.2 Å². The van der Waals surface area contributed by atoms with E-state index in [-0.39, 0.29) is 0 Å². The van der Waals surface area contributed by atoms with Crippen LogP contribution >= 0.6 is 0 Å². The first-order valence-electron chi connectivity index (χ1n) is 5.68. The van der Waals surface area contributed by atoms with Gasteiger partial charge in [0, 0.05) is 18.1 Å². The van der Waals surface area contributed by atoms with Gasteiger partial charge in [0.2, 0.25) is 0 Å². The number of rotatable bonds is 0. The quantitative estimate of drug-likeness (QED) is 0.447. The molecule has 0 N–H and O–H groups in total. The molecule has 0 saturated carbocycles. The zero-order valence-electron chi connectivity index (χ0n) is 9.46. The van der Waals surface area contributed by atoms with Gasteiger partial charge in [-0.2, -0.15) is 0 Å². The highest BCUT2D eigenvalue weighted by molar-refractivity contribution is 5.86. The lowest BCUT2D eigenvalue weighted by Gasteiger charge is -2.04. The molecule has 0 aliphatic heterocycles. The molecule has 3 heterocycles. The van der Waals surface area contributed by atoms with Crippen LogP contribution in [0.4, 0.5) is 0 Å². The molecule has 3 heteroatoms. The van der Waals surface area contributed by atoms with Crippen molar-refractivity contribution in [2.24, 2.45) is 0 Å². The maximum Gasteiger partial charge on any atom is 0.162 e. The highest BCUT2D eigenvalue weighted by Crippen LogP contribution is 2.22. The fourth-order valence-electron chi connectivity index (χ4n) is 2.51. The van der Waals surface area contributed by atoms with Gasteiger partial charge in [0.05, 0.1) is 16.6 Å². The first-order valence-corrected chi connectivity index (χ1v) is 5.68. The summed E-state index contributed by atoms with van der Waals surface area (Å²) in [5.74, 6) is 0. The van der Waals surface area contributed by atoms with Crippen LogP contribution in [0.3, 0.4) is 0 Å². The second-order valence-corrected chi connectivity index (χ2v) is 4.33. The van der Waals surface area contributed by atoms with E-state index < -0.39 is 0 Å². The van der Waals surface area contributed by atoms with Crippen LogP contribution in [0, 0.1) is 6.92 Å². The van der Waals surface area contributed by atoms with Crippen molar-refractivity contribution in [2.75, 3.05) is 0 Å². The summed E-state index contributed by atoms with van der Waals surface area (Å²) >= 11 is 0. The number of para-hydroxylation sites is 2. The van der Waals surface area contributed by atoms with E-state index in [4.69, 9.17) is 4.98 Å². The minimum Gasteiger partial charge on any atom is -0.319 e. The van der Waals surface area contributed by atoms with Gasteiger partial charge < -0.3 is 4.40 Å². The molecule has 0 radical (unpaired) electrons. The van der Waals surface area contributed by atoms with Crippen LogP contribution in [0.5, 0.6) is 0 Å². The standard InChI is InChI=1S/C14H11N3/c1-10-9-16-8-4-7-13(16)14-15-11-5-2-3-6-12(11)17(10)14/h2-9H,1H3. The molecule has 4 aromatic rings. The van der Waals surface area contributed by atoms with E-state index in [0.717, 1.165) is 16.7 Å². The van der Waals surface area contributed by atoms with Gasteiger partial charge in [-0.3, -0.25) is 4.40 Å². The second kappa shape index (κ2) is 2.88. The Balaban J connectivity index is 2.41. The first kappa shape index (κ1) is 8.82. The number of aryl methyl sites for hydroxylation is 1. The van der Waals surface area contributed by atoms with Crippen LogP contribution in [0.15, 0.2) is 48.8 Å². The maximum absolute atomic E-state index is 4.72. The summed E-state index contributed by atoms with van der Waals surface area (Å²) in [4.78, 5) is 4.72. The van der Waals surface area contributed by atoms with Crippen molar-refractivity contribution in [1.29, 1.82) is 0 Å². The van der Waals surface area contributed by atoms with E-state index in [1.165, 1.54) is 11.2 Å². The van der Waals surface area contributed by atoms with Gasteiger partial charge in [-0.25, -0.2) is 4.98 Å². The second-order valence-electron chi connectivity index (χ2n) is 4.33. The zero-order valence-corrected chi connectivity index (χ0v) is 9.46. The van der Waals surface area contributed by atoms with Crippen molar-refractivity contribution >= 4 is 22.2 Å². The molecule has 1 aromatic carbocycles. The van der Waals surface area contributed by atoms with E-state index in [9.17, 15) is 0 Å². The summed E-state index contributed by atoms with van der Waals surface area (Å²) in [6.45, 7) is 2.11. The molecule has 0 bridgehead atoms. The zero-order chi connectivity index (χ0) is 11.4. The van der Waals surface area contributed by atoms with Crippen LogP contribution in [0.25, 0.3) is 22.2 Å². The molecule has 0 aliphatic carbocycles. The number of fused-ring (bicyclic) bond motifs is 5. The van der Waals surface area contributed by atoms with Crippen molar-refractivity contribution < 1.29 is 0 Å². The number of nitrogens with zero attached hydrogens (tertiary/aromatic N) is 3. The lowest BCUT2D eigenvalue weighted by atomic mass is 10.3. The molecule has 82 valence electrons. The van der Waals surface area contributed by atoms with Crippen molar-refractivity contribution in [3.05, 3.63) is 54.5 Å². The van der Waals surface area contributed by atoms with Crippen molar-refractivity contribution in [3.8, 4) is 0 Å². The molecular formula is C14H11N3. The third-order valence-electron chi connectivity index (χ3n) is 3.25. The van der Waals surface area contributed by atoms with Gasteiger partial charge in [0.25, 0.3) is 0 Å². The summed E-state index contributed by atoms with van der Waals surface area (Å²) in [6, 6.07) is 12.4. The van der Waals surface area contributed by atoms with Gasteiger partial charge in [0.15, 0.2) is 5.65 Å². The Labute approximate surface area is 97.9 Å². The minimum atomic E-state index is 1.02. The molecule has 17 heavy (non-hydrogen) atoms. The SMILES string of the molecule is Cc1cn2cccc2c2nc3ccccc3n12. The first-order chi connectivity index (χ1) is 8.34. The highest BCUT2D eigenvalue weighted by Gasteiger charge is 2.09. The Morgan fingerprint density at radius 2 is 1.82 bits per heavy atom. The molecular weight excluding hydrogens is 210 g/mol. The van der Waals surface area contributed by atoms with E-state index in [1.807, 2.05) is 12.1 Å². The Kier molecular flexibility index (Phi) is 1.50. The maximum atomic E-state index is 4.72. The molecule has 4 rings (SSSR count). The molecule has 0 amide bonds. The minimum absolute atomic E-state index is 1.02. The summed E-state index contributed by atoms with van der Waals surface area (Å²) in [5, 5.41) is 0. The lowest BCUT2D eigenvalue weighted by molar-refractivity contribution is 1.05. The highest BCUT2D eigenvalue weighted by atomic mass is 15.1. The lowest BCUT2D eigenvalue weighted by Crippen LogP contribution is -1.95. The number of hydrogen-bond acceptors (Lipinski definition) is 1. The average molecular weight is 221 g/mol. The molecule has 0 fully saturated rings. The predicted octanol–water partition coefficient (Wildman–Crippen LogP) is 3.05. The number of benzene rings is 1. The largest absolute Gasteiger partial charge is 0.319 e. The normalized spacial score (nSPS) is 11.8. The number of imidazole rings is 1. The molecule has 0 atom stereocenters. The fraction of sp³-hybridized carbons (Fsp3) is 0.0714. The predicted molar refractivity (Wildman–Crippen MR) is 68.4 cm³/mol. The molecule has 0 saturated heterocycles. The summed E-state index contributed by atoms with van der Waals surface area (Å²) < 4.78 is 4.33. The molecule has 0 aliphatic rings. The van der Waals surface area contributed by atoms with E-state index in [2.05, 4.69) is 52.4 Å². The number of hydrogen-bond donors (Lipinski definition) is 0. The fourth-order valence-corrected chi connectivity index (χ4v) is 2.51. The van der Waals surface area contributed by atoms with Crippen molar-refractivity contribution in [2.45, 2.75) is 6.92 Å². The van der Waals surface area contributed by atoms with E-state index >= 15 is 0 Å². The van der Waals surface area contributed by atoms with Crippen molar-refractivity contribution in [1.82, 2.24) is 13.8 Å². The molecule has 3 aromatic heterocycles. The van der Waals surface area contributed by atoms with Gasteiger partial charge in [0.1, 0.15) is 0 Å². The smallest absolute Gasteiger partial charge is 0.162 e. The summed E-state index contributed by atoms with van der Waals surface area (Å²) in [7, 11) is 0. The molecule has 0 spiro atoms. The Bertz CT molecular complexity index is 852. The summed E-state index contributed by atoms with van der Waals surface area (Å²) in [5.41, 5.74) is 5.58. The van der Waals surface area contributed by atoms with E-state index in [0.29, 0.717) is 0 Å². The van der Waals surface area contributed by atoms with Gasteiger partial charge in [-0.1, -0.05) is 12.1 Å². The van der Waals surface area contributed by atoms with Crippen LogP contribution in [-0.2, 0) is 0 Å². The Morgan fingerprint density at radius 1 is 1.00 bits per heavy atom. The topological polar surface area (TPSA) is 21.7 Å². The van der Waals surface area contributed by atoms with Gasteiger partial charge in [-0.15, -0.1) is 0 Å². The molecule has 3 nitrogen and oxygen atoms in total. The Morgan fingerprint density at radius 3 is 2.76 bits per heavy atom. The van der Waals surface area contributed by atoms with E-state index in [1.54, 1.807) is 0 Å². The third-order valence-corrected chi connectivity index (χ3v) is 3.25. The Hall–Kier alpha value is -2.29. The van der Waals surface area contributed by atoms with Crippen molar-refractivity contribution in [3.63, 3.8) is 0 Å². The third kappa shape index (κ3) is 1.03. The van der Waals surface area contributed by atoms with Crippen LogP contribution in [-0.4, -0.2) is 13.8 Å². The van der Waals surface area contributed by atoms with Crippen LogP contribution in [0.2, 0.25) is 0 Å². The average Bonchev–Trinajstić information content (AvgIpc) is 2.91. The summed E-state index contributed by atoms with van der Waals surface area (Å²) in [6.07, 6.45) is 4.19. The van der Waals surface area contributed by atoms with Crippen LogP contribution in [0.1, 0.15) is 5.69 Å². The van der Waals surface area contributed by atoms with Crippen LogP contribution < -0.4 is 0 Å². The molecule has 0 unspecified atom stereocenters. The number of aromatic nitrogens is 3. The monoisotopic (exact) mass is 221 g/mol.